The predicted molar refractivity (Wildman–Crippen MR) is 64.6 cm³/mol. The first kappa shape index (κ1) is 13.5. The van der Waals surface area contributed by atoms with Crippen molar-refractivity contribution >= 4 is 11.8 Å². The summed E-state index contributed by atoms with van der Waals surface area (Å²) >= 11 is 0. The molecule has 7 heteroatoms. The van der Waals surface area contributed by atoms with Gasteiger partial charge >= 0.3 is 0 Å². The highest BCUT2D eigenvalue weighted by Gasteiger charge is 2.36. The van der Waals surface area contributed by atoms with Crippen molar-refractivity contribution in [2.45, 2.75) is 25.2 Å². The molecule has 0 unspecified atom stereocenters. The van der Waals surface area contributed by atoms with Crippen LogP contribution < -0.4 is 11.1 Å². The van der Waals surface area contributed by atoms with Crippen molar-refractivity contribution in [1.29, 1.82) is 0 Å². The molecule has 2 atom stereocenters. The van der Waals surface area contributed by atoms with E-state index < -0.39 is 18.1 Å². The SMILES string of the molecule is NC(=O)[C@@H]1C[C@@H](F)CN1CC(=O)NCc1ccco1. The van der Waals surface area contributed by atoms with Crippen LogP contribution in [-0.2, 0) is 16.1 Å². The van der Waals surface area contributed by atoms with E-state index in [9.17, 15) is 14.0 Å². The number of primary amides is 1. The number of hydrogen-bond donors (Lipinski definition) is 2. The molecule has 1 fully saturated rings. The van der Waals surface area contributed by atoms with Gasteiger partial charge in [-0.2, -0.15) is 0 Å². The molecule has 2 rings (SSSR count). The summed E-state index contributed by atoms with van der Waals surface area (Å²) in [6.45, 7) is 0.274. The number of rotatable bonds is 5. The van der Waals surface area contributed by atoms with E-state index in [4.69, 9.17) is 10.2 Å². The fraction of sp³-hybridized carbons (Fsp3) is 0.500. The summed E-state index contributed by atoms with van der Waals surface area (Å²) in [6, 6.07) is 2.75. The maximum atomic E-state index is 13.2. The van der Waals surface area contributed by atoms with Crippen LogP contribution in [0.15, 0.2) is 22.8 Å². The van der Waals surface area contributed by atoms with E-state index in [1.165, 1.54) is 11.2 Å². The summed E-state index contributed by atoms with van der Waals surface area (Å²) in [5, 5.41) is 2.64. The maximum Gasteiger partial charge on any atom is 0.234 e. The number of furan rings is 1. The molecule has 0 spiro atoms. The van der Waals surface area contributed by atoms with Gasteiger partial charge in [-0.25, -0.2) is 4.39 Å². The number of amides is 2. The van der Waals surface area contributed by atoms with Crippen LogP contribution in [0.4, 0.5) is 4.39 Å². The Bertz CT molecular complexity index is 449. The highest BCUT2D eigenvalue weighted by Crippen LogP contribution is 2.19. The first-order valence-electron chi connectivity index (χ1n) is 6.03. The minimum Gasteiger partial charge on any atom is -0.467 e. The molecular formula is C12H16FN3O3. The summed E-state index contributed by atoms with van der Waals surface area (Å²) in [5.41, 5.74) is 5.18. The number of carbonyl (C=O) groups excluding carboxylic acids is 2. The van der Waals surface area contributed by atoms with Crippen molar-refractivity contribution in [2.24, 2.45) is 5.73 Å². The third-order valence-corrected chi connectivity index (χ3v) is 3.07. The van der Waals surface area contributed by atoms with Crippen LogP contribution in [0.5, 0.6) is 0 Å². The number of halogens is 1. The molecule has 2 heterocycles. The van der Waals surface area contributed by atoms with E-state index in [0.717, 1.165) is 0 Å². The van der Waals surface area contributed by atoms with Crippen LogP contribution in [0, 0.1) is 0 Å². The summed E-state index contributed by atoms with van der Waals surface area (Å²) in [7, 11) is 0. The van der Waals surface area contributed by atoms with Crippen molar-refractivity contribution < 1.29 is 18.4 Å². The quantitative estimate of drug-likeness (QED) is 0.774. The zero-order valence-corrected chi connectivity index (χ0v) is 10.3. The van der Waals surface area contributed by atoms with Crippen LogP contribution in [0.1, 0.15) is 12.2 Å². The van der Waals surface area contributed by atoms with Gasteiger partial charge in [0.05, 0.1) is 25.4 Å². The average molecular weight is 269 g/mol. The van der Waals surface area contributed by atoms with Crippen molar-refractivity contribution in [1.82, 2.24) is 10.2 Å². The Hall–Kier alpha value is -1.89. The molecule has 6 nitrogen and oxygen atoms in total. The minimum atomic E-state index is -1.12. The molecule has 19 heavy (non-hydrogen) atoms. The van der Waals surface area contributed by atoms with E-state index in [1.807, 2.05) is 0 Å². The van der Waals surface area contributed by atoms with Gasteiger partial charge < -0.3 is 15.5 Å². The summed E-state index contributed by atoms with van der Waals surface area (Å²) in [4.78, 5) is 24.3. The van der Waals surface area contributed by atoms with Gasteiger partial charge in [0.15, 0.2) is 0 Å². The van der Waals surface area contributed by atoms with Crippen molar-refractivity contribution in [3.05, 3.63) is 24.2 Å². The number of nitrogens with one attached hydrogen (secondary N) is 1. The average Bonchev–Trinajstić information content (AvgIpc) is 2.96. The fourth-order valence-electron chi connectivity index (χ4n) is 2.16. The Morgan fingerprint density at radius 1 is 1.58 bits per heavy atom. The van der Waals surface area contributed by atoms with Crippen LogP contribution in [0.2, 0.25) is 0 Å². The number of carbonyl (C=O) groups is 2. The monoisotopic (exact) mass is 269 g/mol. The normalized spacial score (nSPS) is 23.4. The first-order valence-corrected chi connectivity index (χ1v) is 6.03. The Kier molecular flexibility index (Phi) is 4.16. The molecule has 0 saturated carbocycles. The van der Waals surface area contributed by atoms with Gasteiger partial charge in [0.1, 0.15) is 11.9 Å². The van der Waals surface area contributed by atoms with Crippen molar-refractivity contribution in [3.63, 3.8) is 0 Å². The number of alkyl halides is 1. The lowest BCUT2D eigenvalue weighted by molar-refractivity contribution is -0.125. The van der Waals surface area contributed by atoms with Crippen LogP contribution in [0.3, 0.4) is 0 Å². The molecule has 104 valence electrons. The van der Waals surface area contributed by atoms with Crippen LogP contribution in [0.25, 0.3) is 0 Å². The Balaban J connectivity index is 1.82. The molecular weight excluding hydrogens is 253 g/mol. The van der Waals surface area contributed by atoms with Gasteiger partial charge in [0.25, 0.3) is 0 Å². The standard InChI is InChI=1S/C12H16FN3O3/c13-8-4-10(12(14)18)16(6-8)7-11(17)15-5-9-2-1-3-19-9/h1-3,8,10H,4-7H2,(H2,14,18)(H,15,17)/t8-,10+/m1/s1. The maximum absolute atomic E-state index is 13.2. The zero-order valence-electron chi connectivity index (χ0n) is 10.3. The van der Waals surface area contributed by atoms with E-state index in [1.54, 1.807) is 12.1 Å². The lowest BCUT2D eigenvalue weighted by atomic mass is 10.2. The topological polar surface area (TPSA) is 88.6 Å². The molecule has 3 N–H and O–H groups in total. The van der Waals surface area contributed by atoms with Crippen LogP contribution in [-0.4, -0.2) is 42.0 Å². The van der Waals surface area contributed by atoms with E-state index in [2.05, 4.69) is 5.32 Å². The summed E-state index contributed by atoms with van der Waals surface area (Å²) in [6.07, 6.45) is 0.454. The Labute approximate surface area is 109 Å². The second kappa shape index (κ2) is 5.83. The molecule has 1 saturated heterocycles. The van der Waals surface area contributed by atoms with Crippen LogP contribution >= 0.6 is 0 Å². The van der Waals surface area contributed by atoms with Crippen molar-refractivity contribution in [2.75, 3.05) is 13.1 Å². The van der Waals surface area contributed by atoms with Gasteiger partial charge in [-0.15, -0.1) is 0 Å². The molecule has 1 aliphatic heterocycles. The van der Waals surface area contributed by atoms with Gasteiger partial charge in [-0.3, -0.25) is 14.5 Å². The van der Waals surface area contributed by atoms with Gasteiger partial charge in [-0.1, -0.05) is 0 Å². The fourth-order valence-corrected chi connectivity index (χ4v) is 2.16. The Morgan fingerprint density at radius 2 is 2.37 bits per heavy atom. The van der Waals surface area contributed by atoms with Gasteiger partial charge in [0, 0.05) is 13.0 Å². The van der Waals surface area contributed by atoms with Gasteiger partial charge in [0.2, 0.25) is 11.8 Å². The van der Waals surface area contributed by atoms with E-state index >= 15 is 0 Å². The third-order valence-electron chi connectivity index (χ3n) is 3.07. The van der Waals surface area contributed by atoms with Gasteiger partial charge in [-0.05, 0) is 12.1 Å². The largest absolute Gasteiger partial charge is 0.467 e. The smallest absolute Gasteiger partial charge is 0.234 e. The summed E-state index contributed by atoms with van der Waals surface area (Å²) in [5.74, 6) is -0.264. The lowest BCUT2D eigenvalue weighted by Gasteiger charge is -2.20. The number of nitrogens with zero attached hydrogens (tertiary/aromatic N) is 1. The first-order chi connectivity index (χ1) is 9.06. The second-order valence-electron chi connectivity index (χ2n) is 4.54. The minimum absolute atomic E-state index is 0.0469. The molecule has 1 aromatic rings. The lowest BCUT2D eigenvalue weighted by Crippen LogP contribution is -2.45. The number of likely N-dealkylation sites (tertiary alicyclic amines) is 1. The molecule has 0 aliphatic carbocycles. The second-order valence-corrected chi connectivity index (χ2v) is 4.54. The summed E-state index contributed by atoms with van der Waals surface area (Å²) < 4.78 is 18.3. The highest BCUT2D eigenvalue weighted by atomic mass is 19.1. The number of nitrogens with two attached hydrogens (primary N) is 1. The predicted octanol–water partition coefficient (Wildman–Crippen LogP) is -0.206. The third kappa shape index (κ3) is 3.54. The Morgan fingerprint density at radius 3 is 3.00 bits per heavy atom. The van der Waals surface area contributed by atoms with Crippen molar-refractivity contribution in [3.8, 4) is 0 Å². The molecule has 2 amide bonds. The molecule has 0 aromatic carbocycles. The van der Waals surface area contributed by atoms with E-state index in [-0.39, 0.29) is 32.0 Å². The molecule has 1 aliphatic rings. The highest BCUT2D eigenvalue weighted by molar-refractivity contribution is 5.82. The number of hydrogen-bond acceptors (Lipinski definition) is 4. The molecule has 0 radical (unpaired) electrons. The molecule has 1 aromatic heterocycles. The zero-order chi connectivity index (χ0) is 13.8. The van der Waals surface area contributed by atoms with E-state index in [0.29, 0.717) is 5.76 Å². The molecule has 0 bridgehead atoms.